The zero-order valence-electron chi connectivity index (χ0n) is 10.5. The van der Waals surface area contributed by atoms with E-state index in [-0.39, 0.29) is 6.61 Å². The van der Waals surface area contributed by atoms with Gasteiger partial charge in [-0.3, -0.25) is 4.79 Å². The minimum Gasteiger partial charge on any atom is -0.480 e. The number of aliphatic carboxylic acids is 1. The molecule has 0 aromatic carbocycles. The van der Waals surface area contributed by atoms with Crippen molar-refractivity contribution in [3.05, 3.63) is 0 Å². The SMILES string of the molecule is C#CCCC[C@H](NC(=O)COCCOC)C(=O)O. The minimum atomic E-state index is -1.07. The van der Waals surface area contributed by atoms with Crippen molar-refractivity contribution >= 4 is 11.9 Å². The fourth-order valence-corrected chi connectivity index (χ4v) is 1.21. The quantitative estimate of drug-likeness (QED) is 0.426. The van der Waals surface area contributed by atoms with Gasteiger partial charge in [0.1, 0.15) is 12.6 Å². The fourth-order valence-electron chi connectivity index (χ4n) is 1.21. The zero-order valence-corrected chi connectivity index (χ0v) is 10.5. The number of nitrogens with one attached hydrogen (secondary N) is 1. The van der Waals surface area contributed by atoms with Crippen LogP contribution >= 0.6 is 0 Å². The van der Waals surface area contributed by atoms with Gasteiger partial charge in [-0.2, -0.15) is 0 Å². The third-order valence-electron chi connectivity index (χ3n) is 2.11. The molecule has 0 aliphatic rings. The van der Waals surface area contributed by atoms with Crippen molar-refractivity contribution in [2.75, 3.05) is 26.9 Å². The molecule has 102 valence electrons. The van der Waals surface area contributed by atoms with E-state index in [0.29, 0.717) is 32.5 Å². The summed E-state index contributed by atoms with van der Waals surface area (Å²) in [4.78, 5) is 22.3. The maximum atomic E-state index is 11.4. The number of carboxylic acid groups (broad SMARTS) is 1. The lowest BCUT2D eigenvalue weighted by atomic mass is 10.1. The highest BCUT2D eigenvalue weighted by atomic mass is 16.5. The van der Waals surface area contributed by atoms with E-state index in [9.17, 15) is 9.59 Å². The molecule has 0 heterocycles. The van der Waals surface area contributed by atoms with Gasteiger partial charge in [-0.05, 0) is 12.8 Å². The van der Waals surface area contributed by atoms with Gasteiger partial charge in [0, 0.05) is 13.5 Å². The summed E-state index contributed by atoms with van der Waals surface area (Å²) in [6.45, 7) is 0.499. The molecule has 0 aromatic rings. The first-order valence-corrected chi connectivity index (χ1v) is 5.64. The maximum absolute atomic E-state index is 11.4. The molecule has 0 rings (SSSR count). The van der Waals surface area contributed by atoms with Crippen molar-refractivity contribution in [2.45, 2.75) is 25.3 Å². The van der Waals surface area contributed by atoms with E-state index in [0.717, 1.165) is 0 Å². The normalized spacial score (nSPS) is 11.6. The second kappa shape index (κ2) is 10.6. The first kappa shape index (κ1) is 16.4. The van der Waals surface area contributed by atoms with Crippen LogP contribution in [0.2, 0.25) is 0 Å². The largest absolute Gasteiger partial charge is 0.480 e. The number of amides is 1. The molecule has 0 radical (unpaired) electrons. The second-order valence-corrected chi connectivity index (χ2v) is 3.60. The highest BCUT2D eigenvalue weighted by molar-refractivity contribution is 5.84. The van der Waals surface area contributed by atoms with Gasteiger partial charge >= 0.3 is 5.97 Å². The number of methoxy groups -OCH3 is 1. The number of hydrogen-bond acceptors (Lipinski definition) is 4. The number of carboxylic acids is 1. The summed E-state index contributed by atoms with van der Waals surface area (Å²) in [7, 11) is 1.52. The summed E-state index contributed by atoms with van der Waals surface area (Å²) in [5.74, 6) is 0.888. The molecule has 0 unspecified atom stereocenters. The zero-order chi connectivity index (χ0) is 13.8. The van der Waals surface area contributed by atoms with Crippen molar-refractivity contribution in [3.63, 3.8) is 0 Å². The number of unbranched alkanes of at least 4 members (excludes halogenated alkanes) is 1. The van der Waals surface area contributed by atoms with Crippen molar-refractivity contribution in [1.82, 2.24) is 5.32 Å². The highest BCUT2D eigenvalue weighted by Crippen LogP contribution is 2.00. The van der Waals surface area contributed by atoms with E-state index in [1.165, 1.54) is 7.11 Å². The summed E-state index contributed by atoms with van der Waals surface area (Å²) in [6.07, 6.45) is 6.42. The Kier molecular flexibility index (Phi) is 9.64. The molecule has 0 fully saturated rings. The predicted molar refractivity (Wildman–Crippen MR) is 64.9 cm³/mol. The molecule has 1 amide bonds. The lowest BCUT2D eigenvalue weighted by Crippen LogP contribution is -2.42. The van der Waals surface area contributed by atoms with E-state index in [2.05, 4.69) is 11.2 Å². The molecule has 0 aliphatic carbocycles. The van der Waals surface area contributed by atoms with Gasteiger partial charge < -0.3 is 19.9 Å². The van der Waals surface area contributed by atoms with Crippen molar-refractivity contribution in [1.29, 1.82) is 0 Å². The molecule has 0 spiro atoms. The molecule has 18 heavy (non-hydrogen) atoms. The molecule has 0 aromatic heterocycles. The van der Waals surface area contributed by atoms with Crippen LogP contribution in [-0.2, 0) is 19.1 Å². The van der Waals surface area contributed by atoms with Crippen molar-refractivity contribution in [3.8, 4) is 12.3 Å². The average molecular weight is 257 g/mol. The van der Waals surface area contributed by atoms with Crippen LogP contribution in [0.3, 0.4) is 0 Å². The first-order valence-electron chi connectivity index (χ1n) is 5.64. The van der Waals surface area contributed by atoms with Crippen LogP contribution in [0.1, 0.15) is 19.3 Å². The standard InChI is InChI=1S/C12H19NO5/c1-3-4-5-6-10(12(15)16)13-11(14)9-18-8-7-17-2/h1,10H,4-9H2,2H3,(H,13,14)(H,15,16)/t10-/m0/s1. The smallest absolute Gasteiger partial charge is 0.326 e. The number of hydrogen-bond donors (Lipinski definition) is 2. The Bertz CT molecular complexity index is 297. The molecule has 6 heteroatoms. The molecule has 0 bridgehead atoms. The van der Waals surface area contributed by atoms with Gasteiger partial charge in [0.15, 0.2) is 0 Å². The summed E-state index contributed by atoms with van der Waals surface area (Å²) < 4.78 is 9.72. The van der Waals surface area contributed by atoms with Crippen LogP contribution in [0, 0.1) is 12.3 Å². The topological polar surface area (TPSA) is 84.9 Å². The van der Waals surface area contributed by atoms with Gasteiger partial charge in [0.2, 0.25) is 5.91 Å². The molecular formula is C12H19NO5. The second-order valence-electron chi connectivity index (χ2n) is 3.60. The maximum Gasteiger partial charge on any atom is 0.326 e. The molecule has 2 N–H and O–H groups in total. The van der Waals surface area contributed by atoms with E-state index < -0.39 is 17.9 Å². The number of carbonyl (C=O) groups is 2. The van der Waals surface area contributed by atoms with Crippen LogP contribution in [-0.4, -0.2) is 50.0 Å². The van der Waals surface area contributed by atoms with Crippen LogP contribution in [0.15, 0.2) is 0 Å². The summed E-state index contributed by atoms with van der Waals surface area (Å²) in [5, 5.41) is 11.3. The van der Waals surface area contributed by atoms with E-state index in [4.69, 9.17) is 21.0 Å². The van der Waals surface area contributed by atoms with Crippen LogP contribution in [0.25, 0.3) is 0 Å². The van der Waals surface area contributed by atoms with Crippen molar-refractivity contribution < 1.29 is 24.2 Å². The summed E-state index contributed by atoms with van der Waals surface area (Å²) in [6, 6.07) is -0.920. The van der Waals surface area contributed by atoms with E-state index in [1.807, 2.05) is 0 Å². The van der Waals surface area contributed by atoms with E-state index >= 15 is 0 Å². The monoisotopic (exact) mass is 257 g/mol. The van der Waals surface area contributed by atoms with Gasteiger partial charge in [0.05, 0.1) is 13.2 Å². The molecule has 6 nitrogen and oxygen atoms in total. The van der Waals surface area contributed by atoms with Crippen LogP contribution < -0.4 is 5.32 Å². The Morgan fingerprint density at radius 3 is 2.72 bits per heavy atom. The van der Waals surface area contributed by atoms with Gasteiger partial charge in [-0.15, -0.1) is 12.3 Å². The van der Waals surface area contributed by atoms with E-state index in [1.54, 1.807) is 0 Å². The number of ether oxygens (including phenoxy) is 2. The summed E-state index contributed by atoms with van der Waals surface area (Å²) in [5.41, 5.74) is 0. The first-order chi connectivity index (χ1) is 8.61. The molecule has 0 saturated carbocycles. The predicted octanol–water partition coefficient (Wildman–Crippen LogP) is 0.0223. The van der Waals surface area contributed by atoms with Crippen LogP contribution in [0.4, 0.5) is 0 Å². The van der Waals surface area contributed by atoms with Gasteiger partial charge in [0.25, 0.3) is 0 Å². The molecule has 0 aliphatic heterocycles. The Balaban J connectivity index is 3.89. The Hall–Kier alpha value is -1.58. The van der Waals surface area contributed by atoms with Gasteiger partial charge in [-0.1, -0.05) is 0 Å². The average Bonchev–Trinajstić information content (AvgIpc) is 2.33. The Labute approximate surface area is 107 Å². The lowest BCUT2D eigenvalue weighted by molar-refractivity contribution is -0.142. The highest BCUT2D eigenvalue weighted by Gasteiger charge is 2.18. The fraction of sp³-hybridized carbons (Fsp3) is 0.667. The Morgan fingerprint density at radius 2 is 2.17 bits per heavy atom. The molecular weight excluding hydrogens is 238 g/mol. The Morgan fingerprint density at radius 1 is 1.44 bits per heavy atom. The third-order valence-corrected chi connectivity index (χ3v) is 2.11. The number of rotatable bonds is 10. The number of terminal acetylenes is 1. The molecule has 1 atom stereocenters. The minimum absolute atomic E-state index is 0.178. The summed E-state index contributed by atoms with van der Waals surface area (Å²) >= 11 is 0. The van der Waals surface area contributed by atoms with Crippen LogP contribution in [0.5, 0.6) is 0 Å². The van der Waals surface area contributed by atoms with Crippen molar-refractivity contribution in [2.24, 2.45) is 0 Å². The lowest BCUT2D eigenvalue weighted by Gasteiger charge is -2.13. The third kappa shape index (κ3) is 8.56. The molecule has 0 saturated heterocycles. The van der Waals surface area contributed by atoms with Gasteiger partial charge in [-0.25, -0.2) is 4.79 Å². The number of carbonyl (C=O) groups excluding carboxylic acids is 1.